The summed E-state index contributed by atoms with van der Waals surface area (Å²) in [7, 11) is 0. The second kappa shape index (κ2) is 7.17. The Morgan fingerprint density at radius 3 is 3.00 bits per heavy atom. The Kier molecular flexibility index (Phi) is 5.55. The van der Waals surface area contributed by atoms with Crippen molar-refractivity contribution in [1.29, 1.82) is 0 Å². The van der Waals surface area contributed by atoms with Gasteiger partial charge in [0, 0.05) is 24.6 Å². The third kappa shape index (κ3) is 4.13. The summed E-state index contributed by atoms with van der Waals surface area (Å²) in [6, 6.07) is 7.57. The molecule has 19 heavy (non-hydrogen) atoms. The third-order valence-corrected chi connectivity index (χ3v) is 4.86. The van der Waals surface area contributed by atoms with Gasteiger partial charge in [-0.05, 0) is 30.9 Å². The summed E-state index contributed by atoms with van der Waals surface area (Å²) in [6.07, 6.45) is 1.80. The van der Waals surface area contributed by atoms with Crippen molar-refractivity contribution in [2.45, 2.75) is 17.7 Å². The molecule has 0 spiro atoms. The van der Waals surface area contributed by atoms with Crippen molar-refractivity contribution in [2.75, 3.05) is 25.4 Å². The first-order valence-corrected chi connectivity index (χ1v) is 7.83. The van der Waals surface area contributed by atoms with E-state index in [0.717, 1.165) is 30.8 Å². The predicted molar refractivity (Wildman–Crippen MR) is 78.6 cm³/mol. The maximum Gasteiger partial charge on any atom is 0.232 e. The van der Waals surface area contributed by atoms with Gasteiger partial charge >= 0.3 is 0 Å². The number of thioether (sulfide) groups is 1. The van der Waals surface area contributed by atoms with Crippen LogP contribution in [-0.4, -0.2) is 41.4 Å². The highest BCUT2D eigenvalue weighted by Crippen LogP contribution is 2.27. The van der Waals surface area contributed by atoms with E-state index in [0.29, 0.717) is 16.7 Å². The number of benzene rings is 1. The van der Waals surface area contributed by atoms with Gasteiger partial charge in [0.15, 0.2) is 0 Å². The van der Waals surface area contributed by atoms with Crippen LogP contribution in [0.3, 0.4) is 0 Å². The molecule has 1 saturated heterocycles. The number of carbonyl (C=O) groups is 1. The number of aliphatic hydroxyl groups excluding tert-OH is 1. The first-order valence-electron chi connectivity index (χ1n) is 6.46. The Balaban J connectivity index is 1.81. The molecule has 1 amide bonds. The van der Waals surface area contributed by atoms with E-state index in [-0.39, 0.29) is 12.5 Å². The zero-order valence-electron chi connectivity index (χ0n) is 10.7. The van der Waals surface area contributed by atoms with Gasteiger partial charge in [-0.3, -0.25) is 4.79 Å². The van der Waals surface area contributed by atoms with E-state index in [1.165, 1.54) is 11.8 Å². The van der Waals surface area contributed by atoms with Gasteiger partial charge in [0.1, 0.15) is 0 Å². The third-order valence-electron chi connectivity index (χ3n) is 3.36. The van der Waals surface area contributed by atoms with E-state index in [2.05, 4.69) is 0 Å². The zero-order chi connectivity index (χ0) is 13.7. The smallest absolute Gasteiger partial charge is 0.232 e. The van der Waals surface area contributed by atoms with Crippen LogP contribution in [0.1, 0.15) is 12.8 Å². The lowest BCUT2D eigenvalue weighted by Gasteiger charge is -2.16. The molecule has 1 unspecified atom stereocenters. The van der Waals surface area contributed by atoms with Crippen LogP contribution >= 0.6 is 23.4 Å². The topological polar surface area (TPSA) is 40.5 Å². The molecule has 1 fully saturated rings. The molecule has 1 aromatic rings. The number of aliphatic hydroxyl groups is 1. The molecule has 0 radical (unpaired) electrons. The molecule has 1 aliphatic heterocycles. The molecule has 5 heteroatoms. The van der Waals surface area contributed by atoms with E-state index in [1.807, 2.05) is 29.2 Å². The first kappa shape index (κ1) is 14.7. The standard InChI is InChI=1S/C14H18ClNO2S/c15-12-3-1-2-4-13(12)19-10-14(18)16-7-5-11(9-16)6-8-17/h1-4,11,17H,5-10H2. The Bertz CT molecular complexity index is 441. The second-order valence-corrected chi connectivity index (χ2v) is 6.15. The van der Waals surface area contributed by atoms with Crippen LogP contribution in [0, 0.1) is 5.92 Å². The lowest BCUT2D eigenvalue weighted by atomic mass is 10.1. The summed E-state index contributed by atoms with van der Waals surface area (Å²) in [5, 5.41) is 9.61. The molecule has 1 N–H and O–H groups in total. The minimum atomic E-state index is 0.158. The molecule has 0 bridgehead atoms. The van der Waals surface area contributed by atoms with Crippen LogP contribution in [-0.2, 0) is 4.79 Å². The fourth-order valence-corrected chi connectivity index (χ4v) is 3.41. The van der Waals surface area contributed by atoms with Crippen molar-refractivity contribution in [3.63, 3.8) is 0 Å². The second-order valence-electron chi connectivity index (χ2n) is 4.73. The van der Waals surface area contributed by atoms with Crippen LogP contribution in [0.5, 0.6) is 0 Å². The molecule has 2 rings (SSSR count). The molecule has 1 aliphatic rings. The molecule has 1 heterocycles. The van der Waals surface area contributed by atoms with Gasteiger partial charge in [0.05, 0.1) is 10.8 Å². The highest BCUT2D eigenvalue weighted by molar-refractivity contribution is 8.00. The highest BCUT2D eigenvalue weighted by atomic mass is 35.5. The number of hydrogen-bond acceptors (Lipinski definition) is 3. The summed E-state index contributed by atoms with van der Waals surface area (Å²) in [6.45, 7) is 1.80. The molecule has 3 nitrogen and oxygen atoms in total. The van der Waals surface area contributed by atoms with Gasteiger partial charge < -0.3 is 10.0 Å². The number of carbonyl (C=O) groups excluding carboxylic acids is 1. The average molecular weight is 300 g/mol. The van der Waals surface area contributed by atoms with E-state index in [1.54, 1.807) is 0 Å². The Labute approximate surface area is 122 Å². The van der Waals surface area contributed by atoms with Crippen LogP contribution in [0.25, 0.3) is 0 Å². The number of nitrogens with zero attached hydrogens (tertiary/aromatic N) is 1. The highest BCUT2D eigenvalue weighted by Gasteiger charge is 2.25. The van der Waals surface area contributed by atoms with Crippen LogP contribution < -0.4 is 0 Å². The number of likely N-dealkylation sites (tertiary alicyclic amines) is 1. The van der Waals surface area contributed by atoms with Gasteiger partial charge in [-0.1, -0.05) is 23.7 Å². The quantitative estimate of drug-likeness (QED) is 0.850. The van der Waals surface area contributed by atoms with Crippen molar-refractivity contribution < 1.29 is 9.90 Å². The van der Waals surface area contributed by atoms with Gasteiger partial charge in [0.25, 0.3) is 0 Å². The fourth-order valence-electron chi connectivity index (χ4n) is 2.27. The minimum absolute atomic E-state index is 0.158. The summed E-state index contributed by atoms with van der Waals surface area (Å²) in [5.41, 5.74) is 0. The summed E-state index contributed by atoms with van der Waals surface area (Å²) in [4.78, 5) is 14.9. The molecule has 1 atom stereocenters. The van der Waals surface area contributed by atoms with Crippen LogP contribution in [0.15, 0.2) is 29.2 Å². The van der Waals surface area contributed by atoms with Crippen molar-refractivity contribution >= 4 is 29.3 Å². The monoisotopic (exact) mass is 299 g/mol. The summed E-state index contributed by atoms with van der Waals surface area (Å²) >= 11 is 7.54. The van der Waals surface area contributed by atoms with Crippen LogP contribution in [0.2, 0.25) is 5.02 Å². The average Bonchev–Trinajstić information content (AvgIpc) is 2.87. The van der Waals surface area contributed by atoms with Crippen molar-refractivity contribution in [1.82, 2.24) is 4.90 Å². The molecule has 0 aliphatic carbocycles. The maximum atomic E-state index is 12.1. The largest absolute Gasteiger partial charge is 0.396 e. The van der Waals surface area contributed by atoms with Gasteiger partial charge in [-0.2, -0.15) is 0 Å². The lowest BCUT2D eigenvalue weighted by Crippen LogP contribution is -2.30. The fraction of sp³-hybridized carbons (Fsp3) is 0.500. The summed E-state index contributed by atoms with van der Waals surface area (Å²) < 4.78 is 0. The number of hydrogen-bond donors (Lipinski definition) is 1. The maximum absolute atomic E-state index is 12.1. The minimum Gasteiger partial charge on any atom is -0.396 e. The van der Waals surface area contributed by atoms with Crippen molar-refractivity contribution in [3.8, 4) is 0 Å². The van der Waals surface area contributed by atoms with Gasteiger partial charge in [-0.25, -0.2) is 0 Å². The first-order chi connectivity index (χ1) is 9.20. The lowest BCUT2D eigenvalue weighted by molar-refractivity contribution is -0.127. The Morgan fingerprint density at radius 1 is 1.47 bits per heavy atom. The SMILES string of the molecule is O=C(CSc1ccccc1Cl)N1CCC(CCO)C1. The normalized spacial score (nSPS) is 18.8. The van der Waals surface area contributed by atoms with E-state index < -0.39 is 0 Å². The van der Waals surface area contributed by atoms with Crippen LogP contribution in [0.4, 0.5) is 0 Å². The van der Waals surface area contributed by atoms with Crippen molar-refractivity contribution in [2.24, 2.45) is 5.92 Å². The molecule has 0 saturated carbocycles. The zero-order valence-corrected chi connectivity index (χ0v) is 12.3. The molecule has 0 aromatic heterocycles. The van der Waals surface area contributed by atoms with Crippen molar-refractivity contribution in [3.05, 3.63) is 29.3 Å². The van der Waals surface area contributed by atoms with Gasteiger partial charge in [0.2, 0.25) is 5.91 Å². The Hall–Kier alpha value is -0.710. The number of amides is 1. The predicted octanol–water partition coefficient (Wildman–Crippen LogP) is 2.66. The number of halogens is 1. The van der Waals surface area contributed by atoms with E-state index >= 15 is 0 Å². The Morgan fingerprint density at radius 2 is 2.26 bits per heavy atom. The molecule has 104 valence electrons. The molecule has 1 aromatic carbocycles. The van der Waals surface area contributed by atoms with E-state index in [9.17, 15) is 4.79 Å². The number of rotatable bonds is 5. The van der Waals surface area contributed by atoms with E-state index in [4.69, 9.17) is 16.7 Å². The molecular formula is C14H18ClNO2S. The van der Waals surface area contributed by atoms with Gasteiger partial charge in [-0.15, -0.1) is 11.8 Å². The summed E-state index contributed by atoms with van der Waals surface area (Å²) in [5.74, 6) is 1.04. The molecular weight excluding hydrogens is 282 g/mol.